The molecule has 1 unspecified atom stereocenters. The van der Waals surface area contributed by atoms with Gasteiger partial charge < -0.3 is 10.2 Å². The molecule has 1 atom stereocenters. The molecule has 1 aromatic carbocycles. The van der Waals surface area contributed by atoms with Crippen molar-refractivity contribution in [1.29, 1.82) is 0 Å². The normalized spacial score (nSPS) is 21.0. The van der Waals surface area contributed by atoms with Crippen molar-refractivity contribution in [3.63, 3.8) is 0 Å². The molecule has 0 spiro atoms. The van der Waals surface area contributed by atoms with Crippen LogP contribution in [0.5, 0.6) is 0 Å². The Labute approximate surface area is 136 Å². The van der Waals surface area contributed by atoms with E-state index >= 15 is 0 Å². The number of aromatic nitrogens is 1. The number of pyridine rings is 1. The SMILES string of the molecule is O=C1CC(NCc2cccnc2)CN1C1Cc2ccccc2C1. The molecular weight excluding hydrogens is 286 g/mol. The molecule has 4 rings (SSSR count). The Hall–Kier alpha value is -2.20. The number of amides is 1. The number of hydrogen-bond donors (Lipinski definition) is 1. The minimum absolute atomic E-state index is 0.242. The topological polar surface area (TPSA) is 45.2 Å². The molecule has 2 aliphatic rings. The van der Waals surface area contributed by atoms with Crippen LogP contribution in [0, 0.1) is 0 Å². The third-order valence-corrected chi connectivity index (χ3v) is 4.95. The highest BCUT2D eigenvalue weighted by Crippen LogP contribution is 2.28. The number of benzene rings is 1. The highest BCUT2D eigenvalue weighted by Gasteiger charge is 2.36. The van der Waals surface area contributed by atoms with Crippen LogP contribution in [0.1, 0.15) is 23.1 Å². The van der Waals surface area contributed by atoms with Gasteiger partial charge in [-0.05, 0) is 35.6 Å². The lowest BCUT2D eigenvalue weighted by atomic mass is 10.1. The van der Waals surface area contributed by atoms with Crippen LogP contribution in [0.25, 0.3) is 0 Å². The van der Waals surface area contributed by atoms with E-state index in [1.165, 1.54) is 11.1 Å². The third kappa shape index (κ3) is 2.99. The molecule has 0 radical (unpaired) electrons. The summed E-state index contributed by atoms with van der Waals surface area (Å²) in [6.07, 6.45) is 6.25. The lowest BCUT2D eigenvalue weighted by molar-refractivity contribution is -0.129. The van der Waals surface area contributed by atoms with Gasteiger partial charge >= 0.3 is 0 Å². The summed E-state index contributed by atoms with van der Waals surface area (Å²) in [5.41, 5.74) is 3.96. The fraction of sp³-hybridized carbons (Fsp3) is 0.368. The molecule has 0 bridgehead atoms. The zero-order valence-electron chi connectivity index (χ0n) is 13.1. The number of carbonyl (C=O) groups excluding carboxylic acids is 1. The van der Waals surface area contributed by atoms with Crippen molar-refractivity contribution < 1.29 is 4.79 Å². The number of fused-ring (bicyclic) bond motifs is 1. The van der Waals surface area contributed by atoms with E-state index in [0.29, 0.717) is 12.5 Å². The third-order valence-electron chi connectivity index (χ3n) is 4.95. The van der Waals surface area contributed by atoms with E-state index in [0.717, 1.165) is 31.5 Å². The van der Waals surface area contributed by atoms with Gasteiger partial charge in [-0.2, -0.15) is 0 Å². The molecule has 23 heavy (non-hydrogen) atoms. The van der Waals surface area contributed by atoms with Gasteiger partial charge in [-0.15, -0.1) is 0 Å². The van der Waals surface area contributed by atoms with Crippen LogP contribution in [0.15, 0.2) is 48.8 Å². The van der Waals surface area contributed by atoms with Crippen molar-refractivity contribution >= 4 is 5.91 Å². The van der Waals surface area contributed by atoms with Crippen molar-refractivity contribution in [2.75, 3.05) is 6.54 Å². The van der Waals surface area contributed by atoms with Crippen molar-refractivity contribution in [1.82, 2.24) is 15.2 Å². The summed E-state index contributed by atoms with van der Waals surface area (Å²) < 4.78 is 0. The average Bonchev–Trinajstić information content (AvgIpc) is 3.17. The standard InChI is InChI=1S/C19H21N3O/c23-19-10-17(21-12-14-4-3-7-20-11-14)13-22(19)18-8-15-5-1-2-6-16(15)9-18/h1-7,11,17-18,21H,8-10,12-13H2. The van der Waals surface area contributed by atoms with E-state index in [1.807, 2.05) is 12.3 Å². The molecule has 0 saturated carbocycles. The first-order valence-corrected chi connectivity index (χ1v) is 8.28. The zero-order valence-corrected chi connectivity index (χ0v) is 13.1. The Morgan fingerprint density at radius 1 is 1.09 bits per heavy atom. The van der Waals surface area contributed by atoms with E-state index < -0.39 is 0 Å². The van der Waals surface area contributed by atoms with Gasteiger partial charge in [0.25, 0.3) is 0 Å². The molecule has 1 aliphatic carbocycles. The van der Waals surface area contributed by atoms with Crippen LogP contribution < -0.4 is 5.32 Å². The van der Waals surface area contributed by atoms with Crippen molar-refractivity contribution in [2.24, 2.45) is 0 Å². The Bertz CT molecular complexity index is 676. The van der Waals surface area contributed by atoms with Crippen LogP contribution >= 0.6 is 0 Å². The number of hydrogen-bond acceptors (Lipinski definition) is 3. The number of rotatable bonds is 4. The smallest absolute Gasteiger partial charge is 0.224 e. The molecule has 2 heterocycles. The molecule has 4 nitrogen and oxygen atoms in total. The van der Waals surface area contributed by atoms with Gasteiger partial charge in [0.1, 0.15) is 0 Å². The van der Waals surface area contributed by atoms with Crippen molar-refractivity contribution in [3.8, 4) is 0 Å². The minimum Gasteiger partial charge on any atom is -0.337 e. The monoisotopic (exact) mass is 307 g/mol. The number of nitrogens with zero attached hydrogens (tertiary/aromatic N) is 2. The first kappa shape index (κ1) is 14.4. The van der Waals surface area contributed by atoms with Gasteiger partial charge in [-0.3, -0.25) is 9.78 Å². The summed E-state index contributed by atoms with van der Waals surface area (Å²) in [6, 6.07) is 13.1. The molecule has 2 aromatic rings. The average molecular weight is 307 g/mol. The Morgan fingerprint density at radius 2 is 1.87 bits per heavy atom. The summed E-state index contributed by atoms with van der Waals surface area (Å²) in [5, 5.41) is 3.50. The molecule has 1 aliphatic heterocycles. The van der Waals surface area contributed by atoms with Gasteiger partial charge in [0, 0.05) is 44.0 Å². The molecule has 1 N–H and O–H groups in total. The second-order valence-electron chi connectivity index (χ2n) is 6.52. The first-order valence-electron chi connectivity index (χ1n) is 8.28. The fourth-order valence-electron chi connectivity index (χ4n) is 3.74. The quantitative estimate of drug-likeness (QED) is 0.939. The van der Waals surface area contributed by atoms with Gasteiger partial charge in [0.05, 0.1) is 0 Å². The zero-order chi connectivity index (χ0) is 15.6. The number of nitrogens with one attached hydrogen (secondary N) is 1. The molecule has 1 fully saturated rings. The van der Waals surface area contributed by atoms with Crippen LogP contribution in [-0.2, 0) is 24.2 Å². The van der Waals surface area contributed by atoms with Gasteiger partial charge in [0.2, 0.25) is 5.91 Å². The van der Waals surface area contributed by atoms with E-state index in [1.54, 1.807) is 6.20 Å². The maximum atomic E-state index is 12.4. The van der Waals surface area contributed by atoms with Gasteiger partial charge in [-0.1, -0.05) is 30.3 Å². The Balaban J connectivity index is 1.36. The van der Waals surface area contributed by atoms with E-state index in [9.17, 15) is 4.79 Å². The summed E-state index contributed by atoms with van der Waals surface area (Å²) in [5.74, 6) is 0.284. The van der Waals surface area contributed by atoms with E-state index in [4.69, 9.17) is 0 Å². The summed E-state index contributed by atoms with van der Waals surface area (Å²) in [4.78, 5) is 18.6. The first-order chi connectivity index (χ1) is 11.3. The van der Waals surface area contributed by atoms with Crippen LogP contribution in [-0.4, -0.2) is 34.4 Å². The van der Waals surface area contributed by atoms with E-state index in [2.05, 4.69) is 45.5 Å². The largest absolute Gasteiger partial charge is 0.337 e. The predicted molar refractivity (Wildman–Crippen MR) is 88.8 cm³/mol. The molecule has 118 valence electrons. The summed E-state index contributed by atoms with van der Waals surface area (Å²) in [6.45, 7) is 1.59. The van der Waals surface area contributed by atoms with Crippen LogP contribution in [0.2, 0.25) is 0 Å². The Morgan fingerprint density at radius 3 is 2.57 bits per heavy atom. The fourth-order valence-corrected chi connectivity index (χ4v) is 3.74. The van der Waals surface area contributed by atoms with Crippen LogP contribution in [0.4, 0.5) is 0 Å². The molecule has 1 aromatic heterocycles. The highest BCUT2D eigenvalue weighted by molar-refractivity contribution is 5.79. The van der Waals surface area contributed by atoms with E-state index in [-0.39, 0.29) is 11.9 Å². The molecular formula is C19H21N3O. The summed E-state index contributed by atoms with van der Waals surface area (Å²) in [7, 11) is 0. The number of carbonyl (C=O) groups is 1. The highest BCUT2D eigenvalue weighted by atomic mass is 16.2. The van der Waals surface area contributed by atoms with Crippen LogP contribution in [0.3, 0.4) is 0 Å². The second-order valence-corrected chi connectivity index (χ2v) is 6.52. The maximum absolute atomic E-state index is 12.4. The minimum atomic E-state index is 0.242. The molecule has 1 amide bonds. The van der Waals surface area contributed by atoms with Gasteiger partial charge in [-0.25, -0.2) is 0 Å². The summed E-state index contributed by atoms with van der Waals surface area (Å²) >= 11 is 0. The lowest BCUT2D eigenvalue weighted by Crippen LogP contribution is -2.39. The van der Waals surface area contributed by atoms with Crippen molar-refractivity contribution in [3.05, 3.63) is 65.5 Å². The molecule has 1 saturated heterocycles. The Kier molecular flexibility index (Phi) is 3.83. The molecule has 4 heteroatoms. The van der Waals surface area contributed by atoms with Gasteiger partial charge in [0.15, 0.2) is 0 Å². The second kappa shape index (κ2) is 6.13. The maximum Gasteiger partial charge on any atom is 0.224 e. The van der Waals surface area contributed by atoms with Crippen molar-refractivity contribution in [2.45, 2.75) is 37.9 Å². The predicted octanol–water partition coefficient (Wildman–Crippen LogP) is 1.94. The lowest BCUT2D eigenvalue weighted by Gasteiger charge is -2.24. The number of likely N-dealkylation sites (tertiary alicyclic amines) is 1.